The maximum atomic E-state index is 11.7. The van der Waals surface area contributed by atoms with Gasteiger partial charge in [0.15, 0.2) is 0 Å². The molecule has 113 valence electrons. The van der Waals surface area contributed by atoms with E-state index in [2.05, 4.69) is 0 Å². The molecule has 3 N–H and O–H groups in total. The van der Waals surface area contributed by atoms with Crippen LogP contribution < -0.4 is 0 Å². The van der Waals surface area contributed by atoms with Crippen LogP contribution in [0, 0.1) is 50.0 Å². The zero-order chi connectivity index (χ0) is 14.8. The quantitative estimate of drug-likeness (QED) is 0.557. The fraction of sp³-hybridized carbons (Fsp3) is 0.786. The summed E-state index contributed by atoms with van der Waals surface area (Å²) in [4.78, 5) is 13.5. The average Bonchev–Trinajstić information content (AvgIpc) is 2.66. The number of Topliss-reactive ketones (excluding diaryl/α,β-unsaturated/α-hetero) is 1. The van der Waals surface area contributed by atoms with Crippen LogP contribution in [0.25, 0.3) is 5.73 Å². The van der Waals surface area contributed by atoms with Crippen LogP contribution in [0.3, 0.4) is 0 Å². The molecule has 0 spiro atoms. The van der Waals surface area contributed by atoms with E-state index < -0.39 is 18.2 Å². The SMILES string of the molecule is C/C=C\[C@@H]1C[C@H](C(C)=O)N(C)[C@H]1[C@@H]([NH-])[C@@](C)(O)CO.[Ac]. The van der Waals surface area contributed by atoms with Gasteiger partial charge in [-0.15, -0.1) is 0 Å². The van der Waals surface area contributed by atoms with E-state index in [-0.39, 0.29) is 67.8 Å². The van der Waals surface area contributed by atoms with Gasteiger partial charge in [0.05, 0.1) is 18.2 Å². The molecular weight excluding hydrogens is 471 g/mol. The fourth-order valence-corrected chi connectivity index (χ4v) is 2.91. The summed E-state index contributed by atoms with van der Waals surface area (Å²) in [5, 5.41) is 19.3. The third-order valence-corrected chi connectivity index (χ3v) is 4.14. The Kier molecular flexibility index (Phi) is 8.65. The minimum absolute atomic E-state index is 0. The van der Waals surface area contributed by atoms with Crippen molar-refractivity contribution >= 4 is 5.78 Å². The number of ketones is 1. The van der Waals surface area contributed by atoms with E-state index in [1.54, 1.807) is 6.92 Å². The Morgan fingerprint density at radius 1 is 1.60 bits per heavy atom. The number of nitrogens with zero attached hydrogens (tertiary/aromatic N) is 1. The molecule has 1 aliphatic heterocycles. The van der Waals surface area contributed by atoms with Gasteiger partial charge < -0.3 is 15.9 Å². The fourth-order valence-electron chi connectivity index (χ4n) is 2.91. The molecule has 20 heavy (non-hydrogen) atoms. The molecule has 0 aromatic carbocycles. The van der Waals surface area contributed by atoms with Gasteiger partial charge in [0.1, 0.15) is 5.78 Å². The normalized spacial score (nSPS) is 31.9. The second kappa shape index (κ2) is 8.36. The van der Waals surface area contributed by atoms with Crippen molar-refractivity contribution in [2.24, 2.45) is 5.92 Å². The first-order valence-electron chi connectivity index (χ1n) is 6.65. The molecular formula is C14H25AcN2O3-. The molecule has 6 heteroatoms. The van der Waals surface area contributed by atoms with Gasteiger partial charge >= 0.3 is 0 Å². The zero-order valence-corrected chi connectivity index (χ0v) is 17.5. The minimum atomic E-state index is -1.47. The molecule has 1 radical (unpaired) electrons. The predicted molar refractivity (Wildman–Crippen MR) is 74.8 cm³/mol. The largest absolute Gasteiger partial charge is 0.671 e. The van der Waals surface area contributed by atoms with Crippen LogP contribution in [0.1, 0.15) is 27.2 Å². The maximum absolute atomic E-state index is 11.7. The van der Waals surface area contributed by atoms with Crippen LogP contribution >= 0.6 is 0 Å². The standard InChI is InChI=1S/C14H25N2O3.Ac/c1-5-6-10-7-11(9(2)18)16(4)12(10)13(15)14(3,19)8-17;/h5-6,10-13,15,17,19H,7-8H2,1-4H3;/q-1;/b6-5-;/t10-,11-,12-,13-,14+;/m1./s1. The third-order valence-electron chi connectivity index (χ3n) is 4.14. The monoisotopic (exact) mass is 496 g/mol. The Bertz CT molecular complexity index is 360. The molecule has 0 aromatic rings. The average molecular weight is 496 g/mol. The molecule has 0 unspecified atom stereocenters. The van der Waals surface area contributed by atoms with Crippen molar-refractivity contribution in [2.45, 2.75) is 50.9 Å². The predicted octanol–water partition coefficient (Wildman–Crippen LogP) is 1.00. The van der Waals surface area contributed by atoms with Crippen LogP contribution in [0.4, 0.5) is 0 Å². The van der Waals surface area contributed by atoms with Crippen LogP contribution in [-0.4, -0.2) is 58.3 Å². The number of likely N-dealkylation sites (N-methyl/N-ethyl adjacent to an activating group) is 1. The Balaban J connectivity index is 0.00000361. The molecule has 0 aromatic heterocycles. The molecule has 0 amide bonds. The van der Waals surface area contributed by atoms with Gasteiger partial charge in [-0.25, -0.2) is 0 Å². The Morgan fingerprint density at radius 2 is 2.15 bits per heavy atom. The molecule has 1 rings (SSSR count). The topological polar surface area (TPSA) is 84.6 Å². The maximum Gasteiger partial charge on any atom is 0.146 e. The molecule has 5 nitrogen and oxygen atoms in total. The van der Waals surface area contributed by atoms with Gasteiger partial charge in [-0.3, -0.25) is 9.69 Å². The molecule has 1 fully saturated rings. The number of carbonyl (C=O) groups is 1. The van der Waals surface area contributed by atoms with E-state index in [9.17, 15) is 15.0 Å². The number of rotatable bonds is 5. The van der Waals surface area contributed by atoms with Gasteiger partial charge in [0.25, 0.3) is 0 Å². The Morgan fingerprint density at radius 3 is 2.55 bits per heavy atom. The number of aliphatic hydroxyl groups is 2. The van der Waals surface area contributed by atoms with Gasteiger partial charge in [0, 0.05) is 50.1 Å². The summed E-state index contributed by atoms with van der Waals surface area (Å²) < 4.78 is 0. The number of carbonyl (C=O) groups excluding carboxylic acids is 1. The minimum Gasteiger partial charge on any atom is -0.671 e. The number of hydrogen-bond donors (Lipinski definition) is 2. The summed E-state index contributed by atoms with van der Waals surface area (Å²) in [6.45, 7) is 4.46. The molecule has 1 heterocycles. The summed E-state index contributed by atoms with van der Waals surface area (Å²) in [6, 6.07) is -1.35. The molecule has 1 aliphatic rings. The van der Waals surface area contributed by atoms with Gasteiger partial charge in [-0.05, 0) is 40.2 Å². The number of nitrogens with one attached hydrogen (secondary N) is 1. The van der Waals surface area contributed by atoms with Crippen molar-refractivity contribution in [3.05, 3.63) is 17.9 Å². The smallest absolute Gasteiger partial charge is 0.146 e. The second-order valence-electron chi connectivity index (χ2n) is 5.70. The molecule has 0 saturated carbocycles. The summed E-state index contributed by atoms with van der Waals surface area (Å²) in [5.41, 5.74) is 6.78. The van der Waals surface area contributed by atoms with E-state index in [1.807, 2.05) is 31.0 Å². The summed E-state index contributed by atoms with van der Waals surface area (Å²) in [7, 11) is 1.81. The summed E-state index contributed by atoms with van der Waals surface area (Å²) >= 11 is 0. The first-order chi connectivity index (χ1) is 8.76. The first-order valence-corrected chi connectivity index (χ1v) is 6.65. The van der Waals surface area contributed by atoms with Gasteiger partial charge in [-0.2, -0.15) is 0 Å². The van der Waals surface area contributed by atoms with Gasteiger partial charge in [-0.1, -0.05) is 18.2 Å². The zero-order valence-electron chi connectivity index (χ0n) is 12.7. The van der Waals surface area contributed by atoms with E-state index >= 15 is 0 Å². The second-order valence-corrected chi connectivity index (χ2v) is 5.70. The van der Waals surface area contributed by atoms with Crippen LogP contribution in [0.2, 0.25) is 0 Å². The van der Waals surface area contributed by atoms with Crippen molar-refractivity contribution in [1.29, 1.82) is 0 Å². The van der Waals surface area contributed by atoms with E-state index in [1.165, 1.54) is 6.92 Å². The summed E-state index contributed by atoms with van der Waals surface area (Å²) in [5.74, 6) is 0.125. The Hall–Kier alpha value is 0.692. The van der Waals surface area contributed by atoms with Crippen molar-refractivity contribution in [3.63, 3.8) is 0 Å². The summed E-state index contributed by atoms with van der Waals surface area (Å²) in [6.07, 6.45) is 4.56. The van der Waals surface area contributed by atoms with E-state index in [0.29, 0.717) is 6.42 Å². The van der Waals surface area contributed by atoms with Crippen molar-refractivity contribution in [3.8, 4) is 0 Å². The van der Waals surface area contributed by atoms with Crippen molar-refractivity contribution in [2.75, 3.05) is 13.7 Å². The van der Waals surface area contributed by atoms with Gasteiger partial charge in [0.2, 0.25) is 0 Å². The molecule has 5 atom stereocenters. The third kappa shape index (κ3) is 4.35. The number of hydrogen-bond acceptors (Lipinski definition) is 4. The van der Waals surface area contributed by atoms with E-state index in [4.69, 9.17) is 5.73 Å². The Labute approximate surface area is 157 Å². The van der Waals surface area contributed by atoms with Crippen LogP contribution in [0.15, 0.2) is 12.2 Å². The first kappa shape index (κ1) is 20.7. The molecule has 1 saturated heterocycles. The number of likely N-dealkylation sites (tertiary alicyclic amines) is 1. The van der Waals surface area contributed by atoms with Crippen molar-refractivity contribution < 1.29 is 59.1 Å². The number of allylic oxidation sites excluding steroid dienone is 1. The molecule has 0 aliphatic carbocycles. The number of aliphatic hydroxyl groups excluding tert-OH is 1. The van der Waals surface area contributed by atoms with Crippen LogP contribution in [0.5, 0.6) is 0 Å². The molecule has 0 bridgehead atoms. The van der Waals surface area contributed by atoms with E-state index in [0.717, 1.165) is 0 Å². The van der Waals surface area contributed by atoms with Crippen LogP contribution in [-0.2, 0) is 4.79 Å². The van der Waals surface area contributed by atoms with Crippen molar-refractivity contribution in [1.82, 2.24) is 4.90 Å².